The van der Waals surface area contributed by atoms with Gasteiger partial charge in [-0.25, -0.2) is 4.39 Å². The van der Waals surface area contributed by atoms with E-state index in [1.807, 2.05) is 13.8 Å². The predicted octanol–water partition coefficient (Wildman–Crippen LogP) is 4.39. The van der Waals surface area contributed by atoms with Crippen molar-refractivity contribution in [1.29, 1.82) is 0 Å². The molecule has 6 heteroatoms. The van der Waals surface area contributed by atoms with Crippen LogP contribution in [0, 0.1) is 19.7 Å². The maximum atomic E-state index is 13.1. The molecular weight excluding hydrogens is 355 g/mol. The molecule has 3 rings (SSSR count). The fraction of sp³-hybridized carbons (Fsp3) is 0.500. The zero-order chi connectivity index (χ0) is 18.7. The van der Waals surface area contributed by atoms with Gasteiger partial charge >= 0.3 is 0 Å². The molecule has 4 nitrogen and oxygen atoms in total. The van der Waals surface area contributed by atoms with Crippen LogP contribution in [0.2, 0.25) is 5.02 Å². The third-order valence-electron chi connectivity index (χ3n) is 5.07. The number of ether oxygens (including phenoxy) is 1. The van der Waals surface area contributed by atoms with Crippen LogP contribution in [0.3, 0.4) is 0 Å². The van der Waals surface area contributed by atoms with E-state index in [9.17, 15) is 9.18 Å². The molecule has 0 unspecified atom stereocenters. The normalized spacial score (nSPS) is 15.4. The molecule has 26 heavy (non-hydrogen) atoms. The van der Waals surface area contributed by atoms with Crippen LogP contribution in [0.25, 0.3) is 0 Å². The summed E-state index contributed by atoms with van der Waals surface area (Å²) in [5.74, 6) is -0.222. The fourth-order valence-electron chi connectivity index (χ4n) is 3.52. The zero-order valence-corrected chi connectivity index (χ0v) is 16.0. The number of aryl methyl sites for hydroxylation is 2. The van der Waals surface area contributed by atoms with Crippen molar-refractivity contribution >= 4 is 17.4 Å². The summed E-state index contributed by atoms with van der Waals surface area (Å²) in [5, 5.41) is 5.05. The van der Waals surface area contributed by atoms with E-state index in [1.54, 1.807) is 6.07 Å². The minimum absolute atomic E-state index is 0.142. The molecule has 0 radical (unpaired) electrons. The SMILES string of the molecule is Cc1nn(C2CCOCC2)c(C)c1CC(=O)CCc1ccc(F)cc1Cl. The van der Waals surface area contributed by atoms with Crippen molar-refractivity contribution in [2.45, 2.75) is 52.0 Å². The summed E-state index contributed by atoms with van der Waals surface area (Å²) >= 11 is 6.04. The fourth-order valence-corrected chi connectivity index (χ4v) is 3.78. The van der Waals surface area contributed by atoms with Gasteiger partial charge in [0.1, 0.15) is 11.6 Å². The minimum Gasteiger partial charge on any atom is -0.381 e. The Hall–Kier alpha value is -1.72. The van der Waals surface area contributed by atoms with Crippen LogP contribution < -0.4 is 0 Å². The van der Waals surface area contributed by atoms with Crippen LogP contribution in [-0.2, 0) is 22.4 Å². The first-order chi connectivity index (χ1) is 12.5. The smallest absolute Gasteiger partial charge is 0.137 e. The van der Waals surface area contributed by atoms with Crippen molar-refractivity contribution in [1.82, 2.24) is 9.78 Å². The van der Waals surface area contributed by atoms with Crippen LogP contribution in [0.1, 0.15) is 47.8 Å². The van der Waals surface area contributed by atoms with Crippen LogP contribution in [0.5, 0.6) is 0 Å². The lowest BCUT2D eigenvalue weighted by Gasteiger charge is -2.23. The van der Waals surface area contributed by atoms with Gasteiger partial charge in [0.25, 0.3) is 0 Å². The monoisotopic (exact) mass is 378 g/mol. The number of ketones is 1. The Morgan fingerprint density at radius 1 is 1.35 bits per heavy atom. The lowest BCUT2D eigenvalue weighted by molar-refractivity contribution is -0.118. The van der Waals surface area contributed by atoms with Crippen LogP contribution >= 0.6 is 11.6 Å². The van der Waals surface area contributed by atoms with Gasteiger partial charge in [0.05, 0.1) is 11.7 Å². The summed E-state index contributed by atoms with van der Waals surface area (Å²) in [5.41, 5.74) is 3.81. The molecular formula is C20H24ClFN2O2. The molecule has 0 amide bonds. The second kappa shape index (κ2) is 8.31. The Morgan fingerprint density at radius 2 is 2.08 bits per heavy atom. The summed E-state index contributed by atoms with van der Waals surface area (Å²) in [6.45, 7) is 5.52. The lowest BCUT2D eigenvalue weighted by Crippen LogP contribution is -2.21. The largest absolute Gasteiger partial charge is 0.381 e. The van der Waals surface area contributed by atoms with Crippen molar-refractivity contribution < 1.29 is 13.9 Å². The molecule has 2 aromatic rings. The average Bonchev–Trinajstić information content (AvgIpc) is 2.90. The molecule has 1 aromatic carbocycles. The number of nitrogens with zero attached hydrogens (tertiary/aromatic N) is 2. The van der Waals surface area contributed by atoms with Crippen molar-refractivity contribution in [3.05, 3.63) is 51.6 Å². The number of rotatable bonds is 6. The Labute approximate surface area is 158 Å². The van der Waals surface area contributed by atoms with Crippen molar-refractivity contribution in [3.63, 3.8) is 0 Å². The molecule has 0 spiro atoms. The summed E-state index contributed by atoms with van der Waals surface area (Å²) in [6.07, 6.45) is 3.19. The van der Waals surface area contributed by atoms with Gasteiger partial charge < -0.3 is 4.74 Å². The number of hydrogen-bond donors (Lipinski definition) is 0. The Bertz CT molecular complexity index is 797. The van der Waals surface area contributed by atoms with E-state index in [2.05, 4.69) is 9.78 Å². The second-order valence-corrected chi connectivity index (χ2v) is 7.30. The molecule has 0 atom stereocenters. The number of hydrogen-bond acceptors (Lipinski definition) is 3. The van der Waals surface area contributed by atoms with E-state index < -0.39 is 0 Å². The molecule has 1 aliphatic heterocycles. The van der Waals surface area contributed by atoms with Gasteiger partial charge in [-0.2, -0.15) is 5.10 Å². The van der Waals surface area contributed by atoms with Crippen molar-refractivity contribution in [3.8, 4) is 0 Å². The minimum atomic E-state index is -0.364. The maximum Gasteiger partial charge on any atom is 0.137 e. The third kappa shape index (κ3) is 4.33. The number of carbonyl (C=O) groups excluding carboxylic acids is 1. The molecule has 2 heterocycles. The Balaban J connectivity index is 1.64. The van der Waals surface area contributed by atoms with E-state index in [0.717, 1.165) is 48.6 Å². The van der Waals surface area contributed by atoms with Gasteiger partial charge in [-0.1, -0.05) is 17.7 Å². The number of Topliss-reactive ketones (excluding diaryl/α,β-unsaturated/α-hetero) is 1. The summed E-state index contributed by atoms with van der Waals surface area (Å²) in [4.78, 5) is 12.5. The topological polar surface area (TPSA) is 44.1 Å². The predicted molar refractivity (Wildman–Crippen MR) is 99.2 cm³/mol. The highest BCUT2D eigenvalue weighted by Crippen LogP contribution is 2.26. The molecule has 0 aliphatic carbocycles. The van der Waals surface area contributed by atoms with Gasteiger partial charge in [-0.05, 0) is 50.8 Å². The molecule has 0 saturated carbocycles. The lowest BCUT2D eigenvalue weighted by atomic mass is 10.0. The molecule has 1 saturated heterocycles. The van der Waals surface area contributed by atoms with Crippen LogP contribution in [0.4, 0.5) is 4.39 Å². The number of halogens is 2. The molecule has 1 aliphatic rings. The molecule has 1 aromatic heterocycles. The van der Waals surface area contributed by atoms with Crippen molar-refractivity contribution in [2.24, 2.45) is 0 Å². The standard InChI is InChI=1S/C20H24ClFN2O2/c1-13-19(14(2)24(23-13)17-7-9-26-10-8-17)12-18(25)6-4-15-3-5-16(22)11-20(15)21/h3,5,11,17H,4,6-10,12H2,1-2H3. The highest BCUT2D eigenvalue weighted by Gasteiger charge is 2.22. The Kier molecular flexibility index (Phi) is 6.09. The molecule has 0 N–H and O–H groups in total. The van der Waals surface area contributed by atoms with Crippen molar-refractivity contribution in [2.75, 3.05) is 13.2 Å². The quantitative estimate of drug-likeness (QED) is 0.748. The third-order valence-corrected chi connectivity index (χ3v) is 5.43. The summed E-state index contributed by atoms with van der Waals surface area (Å²) in [7, 11) is 0. The van der Waals surface area contributed by atoms with E-state index in [-0.39, 0.29) is 11.6 Å². The average molecular weight is 379 g/mol. The summed E-state index contributed by atoms with van der Waals surface area (Å²) < 4.78 is 20.6. The van der Waals surface area contributed by atoms with Crippen LogP contribution in [-0.4, -0.2) is 28.8 Å². The van der Waals surface area contributed by atoms with Gasteiger partial charge in [-0.15, -0.1) is 0 Å². The highest BCUT2D eigenvalue weighted by atomic mass is 35.5. The Morgan fingerprint density at radius 3 is 2.77 bits per heavy atom. The summed E-state index contributed by atoms with van der Waals surface area (Å²) in [6, 6.07) is 4.65. The van der Waals surface area contributed by atoms with Gasteiger partial charge in [-0.3, -0.25) is 9.48 Å². The first kappa shape index (κ1) is 19.1. The molecule has 1 fully saturated rings. The molecule has 0 bridgehead atoms. The van der Waals surface area contributed by atoms with Gasteiger partial charge in [0.15, 0.2) is 0 Å². The number of aromatic nitrogens is 2. The first-order valence-corrected chi connectivity index (χ1v) is 9.41. The first-order valence-electron chi connectivity index (χ1n) is 9.03. The van der Waals surface area contributed by atoms with E-state index in [0.29, 0.717) is 30.3 Å². The van der Waals surface area contributed by atoms with E-state index in [1.165, 1.54) is 12.1 Å². The van der Waals surface area contributed by atoms with E-state index in [4.69, 9.17) is 16.3 Å². The zero-order valence-electron chi connectivity index (χ0n) is 15.2. The second-order valence-electron chi connectivity index (χ2n) is 6.89. The van der Waals surface area contributed by atoms with Crippen LogP contribution in [0.15, 0.2) is 18.2 Å². The number of benzene rings is 1. The maximum absolute atomic E-state index is 13.1. The highest BCUT2D eigenvalue weighted by molar-refractivity contribution is 6.31. The van der Waals surface area contributed by atoms with Gasteiger partial charge in [0, 0.05) is 42.3 Å². The molecule has 140 valence electrons. The van der Waals surface area contributed by atoms with E-state index >= 15 is 0 Å². The van der Waals surface area contributed by atoms with Gasteiger partial charge in [0.2, 0.25) is 0 Å². The number of carbonyl (C=O) groups is 1.